The number of sulfonamides is 1. The van der Waals surface area contributed by atoms with Crippen molar-refractivity contribution in [3.05, 3.63) is 24.0 Å². The number of hydrogen-bond acceptors (Lipinski definition) is 5. The van der Waals surface area contributed by atoms with Gasteiger partial charge in [0.05, 0.1) is 4.90 Å². The monoisotopic (exact) mass is 336 g/mol. The van der Waals surface area contributed by atoms with Crippen LogP contribution in [0.3, 0.4) is 0 Å². The first-order valence-electron chi connectivity index (χ1n) is 6.38. The van der Waals surface area contributed by atoms with Crippen LogP contribution in [0.25, 0.3) is 0 Å². The van der Waals surface area contributed by atoms with Crippen molar-refractivity contribution in [1.82, 2.24) is 4.31 Å². The zero-order chi connectivity index (χ0) is 15.8. The van der Waals surface area contributed by atoms with Crippen molar-refractivity contribution >= 4 is 19.9 Å². The van der Waals surface area contributed by atoms with Crippen LogP contribution in [-0.4, -0.2) is 46.5 Å². The van der Waals surface area contributed by atoms with Gasteiger partial charge < -0.3 is 5.73 Å². The van der Waals surface area contributed by atoms with Crippen LogP contribution in [0.1, 0.15) is 12.8 Å². The van der Waals surface area contributed by atoms with Crippen LogP contribution in [0.5, 0.6) is 0 Å². The summed E-state index contributed by atoms with van der Waals surface area (Å²) >= 11 is 0. The minimum absolute atomic E-state index is 0.102. The molecule has 0 spiro atoms. The van der Waals surface area contributed by atoms with Crippen molar-refractivity contribution in [3.63, 3.8) is 0 Å². The van der Waals surface area contributed by atoms with Crippen molar-refractivity contribution in [2.75, 3.05) is 19.3 Å². The van der Waals surface area contributed by atoms with Crippen LogP contribution in [0.2, 0.25) is 0 Å². The van der Waals surface area contributed by atoms with Gasteiger partial charge in [-0.1, -0.05) is 0 Å². The average molecular weight is 336 g/mol. The number of halogens is 1. The van der Waals surface area contributed by atoms with Crippen LogP contribution < -0.4 is 5.73 Å². The molecule has 1 aliphatic rings. The van der Waals surface area contributed by atoms with Gasteiger partial charge in [-0.3, -0.25) is 0 Å². The molecule has 1 fully saturated rings. The lowest BCUT2D eigenvalue weighted by Crippen LogP contribution is -2.45. The quantitative estimate of drug-likeness (QED) is 0.803. The maximum Gasteiger partial charge on any atom is 0.246 e. The van der Waals surface area contributed by atoms with Gasteiger partial charge in [0.1, 0.15) is 10.7 Å². The van der Waals surface area contributed by atoms with Gasteiger partial charge in [0.2, 0.25) is 10.0 Å². The topological polar surface area (TPSA) is 97.5 Å². The fourth-order valence-electron chi connectivity index (χ4n) is 2.24. The average Bonchev–Trinajstić information content (AvgIpc) is 2.37. The highest BCUT2D eigenvalue weighted by molar-refractivity contribution is 7.91. The lowest BCUT2D eigenvalue weighted by atomic mass is 10.1. The molecule has 21 heavy (non-hydrogen) atoms. The molecular formula is C12H17FN2O4S2. The number of rotatable bonds is 3. The first-order valence-corrected chi connectivity index (χ1v) is 9.71. The molecule has 0 aliphatic carbocycles. The molecule has 1 unspecified atom stereocenters. The molecule has 1 heterocycles. The summed E-state index contributed by atoms with van der Waals surface area (Å²) in [5, 5.41) is 0. The molecule has 0 aromatic heterocycles. The molecule has 118 valence electrons. The molecule has 1 atom stereocenters. The Labute approximate surface area is 123 Å². The van der Waals surface area contributed by atoms with Gasteiger partial charge in [-0.15, -0.1) is 0 Å². The van der Waals surface area contributed by atoms with Gasteiger partial charge in [0, 0.05) is 25.4 Å². The molecule has 2 N–H and O–H groups in total. The van der Waals surface area contributed by atoms with E-state index in [2.05, 4.69) is 0 Å². The highest BCUT2D eigenvalue weighted by Gasteiger charge is 2.31. The summed E-state index contributed by atoms with van der Waals surface area (Å²) in [5.74, 6) is -0.971. The van der Waals surface area contributed by atoms with Gasteiger partial charge in [0.25, 0.3) is 0 Å². The summed E-state index contributed by atoms with van der Waals surface area (Å²) in [6.07, 6.45) is 2.24. The molecule has 0 radical (unpaired) electrons. The Morgan fingerprint density at radius 3 is 2.52 bits per heavy atom. The first kappa shape index (κ1) is 16.3. The Morgan fingerprint density at radius 2 is 1.95 bits per heavy atom. The van der Waals surface area contributed by atoms with Crippen molar-refractivity contribution in [3.8, 4) is 0 Å². The molecule has 1 saturated heterocycles. The molecule has 1 aromatic carbocycles. The third kappa shape index (κ3) is 3.42. The molecule has 0 bridgehead atoms. The molecule has 0 amide bonds. The van der Waals surface area contributed by atoms with Gasteiger partial charge in [-0.05, 0) is 31.0 Å². The van der Waals surface area contributed by atoms with Crippen molar-refractivity contribution in [2.45, 2.75) is 28.7 Å². The number of piperidine rings is 1. The van der Waals surface area contributed by atoms with Crippen LogP contribution in [0.4, 0.5) is 4.39 Å². The summed E-state index contributed by atoms with van der Waals surface area (Å²) in [5.41, 5.74) is 5.74. The summed E-state index contributed by atoms with van der Waals surface area (Å²) in [7, 11) is -7.71. The number of sulfone groups is 1. The lowest BCUT2D eigenvalue weighted by Gasteiger charge is -2.30. The number of nitrogens with zero attached hydrogens (tertiary/aromatic N) is 1. The normalized spacial score (nSPS) is 21.4. The van der Waals surface area contributed by atoms with Crippen molar-refractivity contribution < 1.29 is 21.2 Å². The Morgan fingerprint density at radius 1 is 1.29 bits per heavy atom. The van der Waals surface area contributed by atoms with E-state index < -0.39 is 30.6 Å². The zero-order valence-corrected chi connectivity index (χ0v) is 13.1. The molecular weight excluding hydrogens is 319 g/mol. The van der Waals surface area contributed by atoms with E-state index in [1.807, 2.05) is 0 Å². The van der Waals surface area contributed by atoms with Gasteiger partial charge in [-0.25, -0.2) is 21.2 Å². The molecule has 6 nitrogen and oxygen atoms in total. The number of hydrogen-bond donors (Lipinski definition) is 1. The van der Waals surface area contributed by atoms with Gasteiger partial charge in [0.15, 0.2) is 9.84 Å². The third-order valence-electron chi connectivity index (χ3n) is 3.37. The van der Waals surface area contributed by atoms with Gasteiger partial charge in [-0.2, -0.15) is 4.31 Å². The van der Waals surface area contributed by atoms with Gasteiger partial charge >= 0.3 is 0 Å². The lowest BCUT2D eigenvalue weighted by molar-refractivity contribution is 0.315. The second kappa shape index (κ2) is 5.64. The van der Waals surface area contributed by atoms with E-state index in [4.69, 9.17) is 5.73 Å². The van der Waals surface area contributed by atoms with E-state index in [1.165, 1.54) is 0 Å². The van der Waals surface area contributed by atoms with Crippen LogP contribution in [0.15, 0.2) is 28.0 Å². The Hall–Kier alpha value is -1.03. The predicted molar refractivity (Wildman–Crippen MR) is 75.5 cm³/mol. The van der Waals surface area contributed by atoms with E-state index in [0.717, 1.165) is 28.8 Å². The fraction of sp³-hybridized carbons (Fsp3) is 0.500. The van der Waals surface area contributed by atoms with Crippen LogP contribution in [0, 0.1) is 5.82 Å². The highest BCUT2D eigenvalue weighted by atomic mass is 32.2. The smallest absolute Gasteiger partial charge is 0.246 e. The molecule has 1 aromatic rings. The van der Waals surface area contributed by atoms with E-state index in [-0.39, 0.29) is 24.0 Å². The molecule has 0 saturated carbocycles. The van der Waals surface area contributed by atoms with Crippen molar-refractivity contribution in [1.29, 1.82) is 0 Å². The minimum atomic E-state index is -4.09. The Balaban J connectivity index is 2.49. The molecule has 2 rings (SSSR count). The minimum Gasteiger partial charge on any atom is -0.327 e. The Bertz CT molecular complexity index is 747. The van der Waals surface area contributed by atoms with E-state index in [1.54, 1.807) is 0 Å². The maximum atomic E-state index is 13.9. The van der Waals surface area contributed by atoms with Crippen LogP contribution in [-0.2, 0) is 19.9 Å². The fourth-order valence-corrected chi connectivity index (χ4v) is 4.59. The van der Waals surface area contributed by atoms with E-state index >= 15 is 0 Å². The van der Waals surface area contributed by atoms with Crippen molar-refractivity contribution in [2.24, 2.45) is 5.73 Å². The second-order valence-electron chi connectivity index (χ2n) is 5.13. The summed E-state index contributed by atoms with van der Waals surface area (Å²) in [6, 6.07) is 2.47. The maximum absolute atomic E-state index is 13.9. The first-order chi connectivity index (χ1) is 9.62. The van der Waals surface area contributed by atoms with Crippen LogP contribution >= 0.6 is 0 Å². The SMILES string of the molecule is CS(=O)(=O)c1ccc(F)c(S(=O)(=O)N2CCCC(N)C2)c1. The predicted octanol–water partition coefficient (Wildman–Crippen LogP) is 0.341. The summed E-state index contributed by atoms with van der Waals surface area (Å²) in [4.78, 5) is -0.858. The Kier molecular flexibility index (Phi) is 4.39. The number of nitrogens with two attached hydrogens (primary N) is 1. The zero-order valence-electron chi connectivity index (χ0n) is 11.5. The number of benzene rings is 1. The molecule has 1 aliphatic heterocycles. The molecule has 9 heteroatoms. The van der Waals surface area contributed by atoms with E-state index in [9.17, 15) is 21.2 Å². The van der Waals surface area contributed by atoms with E-state index in [0.29, 0.717) is 12.8 Å². The standard InChI is InChI=1S/C12H17FN2O4S2/c1-20(16,17)10-4-5-11(13)12(7-10)21(18,19)15-6-2-3-9(14)8-15/h4-5,7,9H,2-3,6,8,14H2,1H3. The largest absolute Gasteiger partial charge is 0.327 e. The summed E-state index contributed by atoms with van der Waals surface area (Å²) in [6.45, 7) is 0.351. The third-order valence-corrected chi connectivity index (χ3v) is 6.36. The summed E-state index contributed by atoms with van der Waals surface area (Å²) < 4.78 is 62.9. The second-order valence-corrected chi connectivity index (χ2v) is 9.05. The highest BCUT2D eigenvalue weighted by Crippen LogP contribution is 2.25.